The van der Waals surface area contributed by atoms with Gasteiger partial charge in [-0.3, -0.25) is 4.79 Å². The summed E-state index contributed by atoms with van der Waals surface area (Å²) in [5.41, 5.74) is 6.19. The van der Waals surface area contributed by atoms with Crippen molar-refractivity contribution in [1.82, 2.24) is 4.90 Å². The van der Waals surface area contributed by atoms with Crippen LogP contribution in [0, 0.1) is 17.8 Å². The Bertz CT molecular complexity index is 281. The molecule has 1 amide bonds. The molecule has 0 aromatic rings. The lowest BCUT2D eigenvalue weighted by atomic mass is 9.84. The van der Waals surface area contributed by atoms with Gasteiger partial charge in [-0.1, -0.05) is 0 Å². The molecule has 3 N–H and O–H groups in total. The van der Waals surface area contributed by atoms with Gasteiger partial charge in [-0.2, -0.15) is 0 Å². The van der Waals surface area contributed by atoms with E-state index >= 15 is 0 Å². The average molecular weight is 240 g/mol. The zero-order chi connectivity index (χ0) is 12.4. The van der Waals surface area contributed by atoms with E-state index in [1.54, 1.807) is 0 Å². The highest BCUT2D eigenvalue weighted by Gasteiger charge is 2.49. The standard InChI is InChI=1S/C13H24N2O2/c1-2-15(6-3-7-16)13(17)11-9-4-5-10(8-9)12(11)14/h9-12,16H,2-8,14H2,1H3. The molecule has 2 rings (SSSR count). The van der Waals surface area contributed by atoms with Crippen LogP contribution >= 0.6 is 0 Å². The molecule has 2 aliphatic rings. The molecule has 0 heterocycles. The van der Waals surface area contributed by atoms with Crippen molar-refractivity contribution in [2.24, 2.45) is 23.5 Å². The molecule has 2 fully saturated rings. The minimum Gasteiger partial charge on any atom is -0.396 e. The van der Waals surface area contributed by atoms with Gasteiger partial charge < -0.3 is 15.7 Å². The number of carbonyl (C=O) groups excluding carboxylic acids is 1. The maximum absolute atomic E-state index is 12.4. The van der Waals surface area contributed by atoms with Crippen molar-refractivity contribution in [3.05, 3.63) is 0 Å². The van der Waals surface area contributed by atoms with Crippen LogP contribution in [0.25, 0.3) is 0 Å². The highest BCUT2D eigenvalue weighted by molar-refractivity contribution is 5.80. The van der Waals surface area contributed by atoms with Crippen LogP contribution < -0.4 is 5.73 Å². The normalized spacial score (nSPS) is 35.2. The number of hydrogen-bond donors (Lipinski definition) is 2. The Morgan fingerprint density at radius 2 is 2.12 bits per heavy atom. The molecule has 4 atom stereocenters. The number of nitrogens with zero attached hydrogens (tertiary/aromatic N) is 1. The maximum Gasteiger partial charge on any atom is 0.227 e. The molecule has 2 aliphatic carbocycles. The van der Waals surface area contributed by atoms with Crippen LogP contribution in [0.15, 0.2) is 0 Å². The van der Waals surface area contributed by atoms with Crippen molar-refractivity contribution in [2.75, 3.05) is 19.7 Å². The molecule has 17 heavy (non-hydrogen) atoms. The van der Waals surface area contributed by atoms with Crippen LogP contribution in [0.4, 0.5) is 0 Å². The fourth-order valence-corrected chi connectivity index (χ4v) is 3.60. The predicted octanol–water partition coefficient (Wildman–Crippen LogP) is 0.591. The van der Waals surface area contributed by atoms with Crippen molar-refractivity contribution in [2.45, 2.75) is 38.6 Å². The molecule has 0 aliphatic heterocycles. The smallest absolute Gasteiger partial charge is 0.227 e. The number of rotatable bonds is 5. The van der Waals surface area contributed by atoms with E-state index in [0.29, 0.717) is 24.8 Å². The van der Waals surface area contributed by atoms with Crippen molar-refractivity contribution < 1.29 is 9.90 Å². The van der Waals surface area contributed by atoms with E-state index < -0.39 is 0 Å². The van der Waals surface area contributed by atoms with Crippen LogP contribution in [0.2, 0.25) is 0 Å². The van der Waals surface area contributed by atoms with Crippen molar-refractivity contribution in [3.63, 3.8) is 0 Å². The summed E-state index contributed by atoms with van der Waals surface area (Å²) >= 11 is 0. The lowest BCUT2D eigenvalue weighted by molar-refractivity contribution is -0.137. The molecule has 0 aromatic heterocycles. The molecular weight excluding hydrogens is 216 g/mol. The first kappa shape index (κ1) is 12.8. The second-order valence-corrected chi connectivity index (χ2v) is 5.43. The van der Waals surface area contributed by atoms with Gasteiger partial charge in [-0.25, -0.2) is 0 Å². The van der Waals surface area contributed by atoms with Gasteiger partial charge in [-0.05, 0) is 44.4 Å². The number of aliphatic hydroxyl groups is 1. The lowest BCUT2D eigenvalue weighted by Gasteiger charge is -2.32. The molecule has 0 spiro atoms. The first-order valence-corrected chi connectivity index (χ1v) is 6.84. The van der Waals surface area contributed by atoms with Gasteiger partial charge in [-0.15, -0.1) is 0 Å². The first-order valence-electron chi connectivity index (χ1n) is 6.84. The second kappa shape index (κ2) is 5.36. The van der Waals surface area contributed by atoms with Gasteiger partial charge in [0.15, 0.2) is 0 Å². The average Bonchev–Trinajstić information content (AvgIpc) is 2.90. The van der Waals surface area contributed by atoms with E-state index in [4.69, 9.17) is 10.8 Å². The summed E-state index contributed by atoms with van der Waals surface area (Å²) in [6, 6.07) is 0.0735. The minimum absolute atomic E-state index is 0.0485. The van der Waals surface area contributed by atoms with Gasteiger partial charge in [0.2, 0.25) is 5.91 Å². The van der Waals surface area contributed by atoms with E-state index in [0.717, 1.165) is 13.0 Å². The zero-order valence-corrected chi connectivity index (χ0v) is 10.6. The lowest BCUT2D eigenvalue weighted by Crippen LogP contribution is -2.47. The second-order valence-electron chi connectivity index (χ2n) is 5.43. The number of carbonyl (C=O) groups is 1. The molecule has 0 saturated heterocycles. The quantitative estimate of drug-likeness (QED) is 0.739. The third kappa shape index (κ3) is 2.33. The minimum atomic E-state index is 0.0485. The number of hydrogen-bond acceptors (Lipinski definition) is 3. The molecule has 0 aromatic carbocycles. The molecule has 0 radical (unpaired) electrons. The van der Waals surface area contributed by atoms with Gasteiger partial charge >= 0.3 is 0 Å². The Hall–Kier alpha value is -0.610. The summed E-state index contributed by atoms with van der Waals surface area (Å²) < 4.78 is 0. The molecule has 98 valence electrons. The van der Waals surface area contributed by atoms with Crippen LogP contribution in [0.5, 0.6) is 0 Å². The third-order valence-corrected chi connectivity index (χ3v) is 4.55. The Kier molecular flexibility index (Phi) is 4.05. The highest BCUT2D eigenvalue weighted by atomic mass is 16.3. The van der Waals surface area contributed by atoms with E-state index in [-0.39, 0.29) is 24.5 Å². The number of amides is 1. The van der Waals surface area contributed by atoms with Crippen LogP contribution in [0.3, 0.4) is 0 Å². The summed E-state index contributed by atoms with van der Waals surface area (Å²) in [4.78, 5) is 14.3. The van der Waals surface area contributed by atoms with Gasteiger partial charge in [0.05, 0.1) is 5.92 Å². The summed E-state index contributed by atoms with van der Waals surface area (Å²) in [6.07, 6.45) is 4.19. The predicted molar refractivity (Wildman–Crippen MR) is 66.3 cm³/mol. The van der Waals surface area contributed by atoms with E-state index in [1.165, 1.54) is 12.8 Å². The van der Waals surface area contributed by atoms with Gasteiger partial charge in [0, 0.05) is 25.7 Å². The van der Waals surface area contributed by atoms with Crippen molar-refractivity contribution >= 4 is 5.91 Å². The third-order valence-electron chi connectivity index (χ3n) is 4.55. The van der Waals surface area contributed by atoms with Crippen molar-refractivity contribution in [1.29, 1.82) is 0 Å². The number of nitrogens with two attached hydrogens (primary N) is 1. The fraction of sp³-hybridized carbons (Fsp3) is 0.923. The largest absolute Gasteiger partial charge is 0.396 e. The molecule has 4 unspecified atom stereocenters. The summed E-state index contributed by atoms with van der Waals surface area (Å²) in [7, 11) is 0. The van der Waals surface area contributed by atoms with Crippen molar-refractivity contribution in [3.8, 4) is 0 Å². The Balaban J connectivity index is 1.98. The van der Waals surface area contributed by atoms with Gasteiger partial charge in [0.1, 0.15) is 0 Å². The molecule has 4 heteroatoms. The SMILES string of the molecule is CCN(CCCO)C(=O)C1C2CCC(C2)C1N. The monoisotopic (exact) mass is 240 g/mol. The molecule has 4 nitrogen and oxygen atoms in total. The summed E-state index contributed by atoms with van der Waals surface area (Å²) in [6.45, 7) is 3.52. The van der Waals surface area contributed by atoms with E-state index in [9.17, 15) is 4.79 Å². The first-order chi connectivity index (χ1) is 8.19. The summed E-state index contributed by atoms with van der Waals surface area (Å²) in [5, 5.41) is 8.85. The van der Waals surface area contributed by atoms with Gasteiger partial charge in [0.25, 0.3) is 0 Å². The number of aliphatic hydroxyl groups excluding tert-OH is 1. The maximum atomic E-state index is 12.4. The Labute approximate surface area is 103 Å². The molecule has 2 saturated carbocycles. The van der Waals surface area contributed by atoms with Crippen LogP contribution in [-0.4, -0.2) is 41.7 Å². The molecular formula is C13H24N2O2. The van der Waals surface area contributed by atoms with Crippen LogP contribution in [-0.2, 0) is 4.79 Å². The Morgan fingerprint density at radius 1 is 1.41 bits per heavy atom. The zero-order valence-electron chi connectivity index (χ0n) is 10.6. The topological polar surface area (TPSA) is 66.6 Å². The number of fused-ring (bicyclic) bond motifs is 2. The Morgan fingerprint density at radius 3 is 2.65 bits per heavy atom. The highest BCUT2D eigenvalue weighted by Crippen LogP contribution is 2.48. The van der Waals surface area contributed by atoms with Crippen LogP contribution in [0.1, 0.15) is 32.6 Å². The van der Waals surface area contributed by atoms with E-state index in [2.05, 4.69) is 0 Å². The molecule has 2 bridgehead atoms. The fourth-order valence-electron chi connectivity index (χ4n) is 3.60. The van der Waals surface area contributed by atoms with E-state index in [1.807, 2.05) is 11.8 Å². The summed E-state index contributed by atoms with van der Waals surface area (Å²) in [5.74, 6) is 1.37.